The highest BCUT2D eigenvalue weighted by Crippen LogP contribution is 2.70. The van der Waals surface area contributed by atoms with Crippen LogP contribution >= 0.6 is 0 Å². The molecule has 0 aromatic rings. The van der Waals surface area contributed by atoms with E-state index in [1.54, 1.807) is 0 Å². The van der Waals surface area contributed by atoms with Gasteiger partial charge in [0.25, 0.3) is 0 Å². The molecule has 354 valence electrons. The van der Waals surface area contributed by atoms with Crippen LogP contribution in [0.2, 0.25) is 0 Å². The first-order valence-corrected chi connectivity index (χ1v) is 23.4. The zero-order valence-corrected chi connectivity index (χ0v) is 36.6. The molecule has 17 nitrogen and oxygen atoms in total. The summed E-state index contributed by atoms with van der Waals surface area (Å²) in [5.74, 6) is 2.56. The SMILES string of the molecule is C[C@@H]1CCC2(OC1)OC1CC3C4CC=C5C[C@@H](O[C@@H]6O[C@H](CO)[C@@H](O[C@H]7O[C@@H](CO)[C@H](O)[C@@H](O)[C@@H]7O)[C@H](O)[C@H]6O[C@@H]6O[C@@H](C)[C@H](O)[C@@H](O)[C@H]6O)CC[C@]5(C)C4CC[C@]3(C)C1[C@@H]2C. The number of aliphatic hydroxyl groups is 9. The van der Waals surface area contributed by atoms with Crippen molar-refractivity contribution in [3.8, 4) is 0 Å². The van der Waals surface area contributed by atoms with Gasteiger partial charge in [-0.05, 0) is 98.7 Å². The Morgan fingerprint density at radius 1 is 0.677 bits per heavy atom. The largest absolute Gasteiger partial charge is 0.394 e. The molecule has 9 rings (SSSR count). The highest BCUT2D eigenvalue weighted by atomic mass is 16.8. The molecule has 5 aliphatic heterocycles. The molecule has 0 amide bonds. The van der Waals surface area contributed by atoms with Crippen LogP contribution in [0.25, 0.3) is 0 Å². The highest BCUT2D eigenvalue weighted by Gasteiger charge is 2.69. The molecule has 9 aliphatic rings. The normalized spacial score (nSPS) is 57.6. The monoisotopic (exact) mass is 884 g/mol. The van der Waals surface area contributed by atoms with Crippen molar-refractivity contribution in [3.63, 3.8) is 0 Å². The third-order valence-corrected chi connectivity index (χ3v) is 17.7. The molecular formula is C45H72O17. The maximum Gasteiger partial charge on any atom is 0.187 e. The summed E-state index contributed by atoms with van der Waals surface area (Å²) in [6.45, 7) is 10.4. The second-order valence-electron chi connectivity index (χ2n) is 21.1. The molecule has 3 saturated carbocycles. The average Bonchev–Trinajstić information content (AvgIpc) is 3.70. The Morgan fingerprint density at radius 3 is 2.05 bits per heavy atom. The van der Waals surface area contributed by atoms with Gasteiger partial charge in [0, 0.05) is 12.3 Å². The summed E-state index contributed by atoms with van der Waals surface area (Å²) in [5, 5.41) is 95.7. The summed E-state index contributed by atoms with van der Waals surface area (Å²) in [6.07, 6.45) is -12.0. The quantitative estimate of drug-likeness (QED) is 0.148. The smallest absolute Gasteiger partial charge is 0.187 e. The Hall–Kier alpha value is -0.940. The first-order chi connectivity index (χ1) is 29.4. The lowest BCUT2D eigenvalue weighted by molar-refractivity contribution is -0.389. The van der Waals surface area contributed by atoms with Crippen LogP contribution in [-0.4, -0.2) is 176 Å². The van der Waals surface area contributed by atoms with E-state index in [2.05, 4.69) is 33.8 Å². The van der Waals surface area contributed by atoms with Crippen molar-refractivity contribution < 1.29 is 83.9 Å². The van der Waals surface area contributed by atoms with E-state index in [0.717, 1.165) is 51.6 Å². The van der Waals surface area contributed by atoms with Gasteiger partial charge in [-0.15, -0.1) is 0 Å². The van der Waals surface area contributed by atoms with Crippen LogP contribution in [-0.2, 0) is 37.9 Å². The van der Waals surface area contributed by atoms with E-state index < -0.39 is 111 Å². The Bertz CT molecular complexity index is 1610. The molecule has 0 radical (unpaired) electrons. The number of hydrogen-bond donors (Lipinski definition) is 9. The van der Waals surface area contributed by atoms with Crippen LogP contribution in [0.4, 0.5) is 0 Å². The fourth-order valence-corrected chi connectivity index (χ4v) is 14.0. The zero-order chi connectivity index (χ0) is 44.2. The van der Waals surface area contributed by atoms with Gasteiger partial charge in [0.05, 0.1) is 38.1 Å². The summed E-state index contributed by atoms with van der Waals surface area (Å²) >= 11 is 0. The van der Waals surface area contributed by atoms with Crippen molar-refractivity contribution in [3.05, 3.63) is 11.6 Å². The summed E-state index contributed by atoms with van der Waals surface area (Å²) in [5.41, 5.74) is 1.48. The van der Waals surface area contributed by atoms with E-state index >= 15 is 0 Å². The molecule has 0 aromatic heterocycles. The number of fused-ring (bicyclic) bond motifs is 7. The summed E-state index contributed by atoms with van der Waals surface area (Å²) < 4.78 is 49.9. The minimum absolute atomic E-state index is 0.0356. The Morgan fingerprint density at radius 2 is 1.35 bits per heavy atom. The van der Waals surface area contributed by atoms with Gasteiger partial charge in [-0.3, -0.25) is 0 Å². The fourth-order valence-electron chi connectivity index (χ4n) is 14.0. The molecule has 9 N–H and O–H groups in total. The lowest BCUT2D eigenvalue weighted by Gasteiger charge is -2.58. The van der Waals surface area contributed by atoms with Gasteiger partial charge in [-0.1, -0.05) is 39.3 Å². The molecule has 0 bridgehead atoms. The standard InChI is InChI=1S/C45H72O17/c1-19-8-13-45(55-18-19)20(2)30-27(62-45)15-26-24-7-6-22-14-23(9-11-43(22,4)25(24)10-12-44(26,30)5)57-42-39(61-40-35(52)33(50)31(48)21(3)56-40)37(54)38(29(17-47)59-42)60-41-36(53)34(51)32(49)28(16-46)58-41/h6,19-21,23-42,46-54H,7-18H2,1-5H3/t19-,20+,21+,23+,24?,25?,26?,27?,28+,29-,30?,31+,32+,33-,34-,35-,36+,37+,38-,39-,40+,41-,42-,43+,44+,45?/m1/s1. The van der Waals surface area contributed by atoms with Crippen LogP contribution in [0.15, 0.2) is 11.6 Å². The van der Waals surface area contributed by atoms with Crippen molar-refractivity contribution >= 4 is 0 Å². The van der Waals surface area contributed by atoms with Crippen LogP contribution < -0.4 is 0 Å². The van der Waals surface area contributed by atoms with E-state index in [4.69, 9.17) is 37.9 Å². The average molecular weight is 885 g/mol. The van der Waals surface area contributed by atoms with Crippen LogP contribution in [0, 0.1) is 46.3 Å². The molecule has 5 saturated heterocycles. The van der Waals surface area contributed by atoms with Gasteiger partial charge >= 0.3 is 0 Å². The minimum Gasteiger partial charge on any atom is -0.394 e. The molecule has 26 atom stereocenters. The Labute approximate surface area is 363 Å². The number of hydrogen-bond acceptors (Lipinski definition) is 17. The van der Waals surface area contributed by atoms with Gasteiger partial charge in [-0.2, -0.15) is 0 Å². The molecule has 17 heteroatoms. The molecule has 6 unspecified atom stereocenters. The summed E-state index contributed by atoms with van der Waals surface area (Å²) in [7, 11) is 0. The lowest BCUT2D eigenvalue weighted by Crippen LogP contribution is -2.67. The third-order valence-electron chi connectivity index (χ3n) is 17.7. The van der Waals surface area contributed by atoms with Gasteiger partial charge in [-0.25, -0.2) is 0 Å². The molecule has 8 fully saturated rings. The van der Waals surface area contributed by atoms with Gasteiger partial charge in [0.2, 0.25) is 0 Å². The van der Waals surface area contributed by atoms with Crippen molar-refractivity contribution in [1.29, 1.82) is 0 Å². The number of allylic oxidation sites excluding steroid dienone is 1. The van der Waals surface area contributed by atoms with E-state index in [-0.39, 0.29) is 23.0 Å². The van der Waals surface area contributed by atoms with E-state index in [1.807, 2.05) is 0 Å². The Balaban J connectivity index is 0.917. The van der Waals surface area contributed by atoms with Crippen molar-refractivity contribution in [2.24, 2.45) is 46.3 Å². The third kappa shape index (κ3) is 7.49. The maximum absolute atomic E-state index is 12.0. The van der Waals surface area contributed by atoms with Crippen LogP contribution in [0.3, 0.4) is 0 Å². The molecule has 1 spiro atoms. The van der Waals surface area contributed by atoms with Gasteiger partial charge in [0.15, 0.2) is 24.7 Å². The van der Waals surface area contributed by atoms with Crippen molar-refractivity contribution in [1.82, 2.24) is 0 Å². The zero-order valence-electron chi connectivity index (χ0n) is 36.6. The summed E-state index contributed by atoms with van der Waals surface area (Å²) in [4.78, 5) is 0. The lowest BCUT2D eigenvalue weighted by atomic mass is 9.47. The van der Waals surface area contributed by atoms with Gasteiger partial charge < -0.3 is 83.9 Å². The predicted molar refractivity (Wildman–Crippen MR) is 214 cm³/mol. The minimum atomic E-state index is -1.82. The van der Waals surface area contributed by atoms with E-state index in [9.17, 15) is 46.0 Å². The number of aliphatic hydroxyl groups excluding tert-OH is 9. The maximum atomic E-state index is 12.0. The second-order valence-corrected chi connectivity index (χ2v) is 21.1. The molecule has 0 aromatic carbocycles. The predicted octanol–water partition coefficient (Wildman–Crippen LogP) is 0.214. The molecule has 4 aliphatic carbocycles. The molecular weight excluding hydrogens is 812 g/mol. The van der Waals surface area contributed by atoms with Crippen molar-refractivity contribution in [2.45, 2.75) is 203 Å². The van der Waals surface area contributed by atoms with Crippen LogP contribution in [0.1, 0.15) is 92.4 Å². The first kappa shape index (κ1) is 46.2. The van der Waals surface area contributed by atoms with Crippen LogP contribution in [0.5, 0.6) is 0 Å². The fraction of sp³-hybridized carbons (Fsp3) is 0.956. The van der Waals surface area contributed by atoms with E-state index in [0.29, 0.717) is 48.3 Å². The molecule has 5 heterocycles. The highest BCUT2D eigenvalue weighted by molar-refractivity contribution is 5.26. The summed E-state index contributed by atoms with van der Waals surface area (Å²) in [6, 6.07) is 0. The topological polar surface area (TPSA) is 256 Å². The Kier molecular flexibility index (Phi) is 12.9. The van der Waals surface area contributed by atoms with Gasteiger partial charge in [0.1, 0.15) is 67.1 Å². The van der Waals surface area contributed by atoms with E-state index in [1.165, 1.54) is 12.5 Å². The van der Waals surface area contributed by atoms with Crippen molar-refractivity contribution in [2.75, 3.05) is 19.8 Å². The number of rotatable bonds is 8. The second kappa shape index (κ2) is 17.3. The first-order valence-electron chi connectivity index (χ1n) is 23.4. The molecule has 62 heavy (non-hydrogen) atoms. The number of ether oxygens (including phenoxy) is 8.